The first kappa shape index (κ1) is 33.9. The van der Waals surface area contributed by atoms with E-state index in [0.717, 1.165) is 25.0 Å². The van der Waals surface area contributed by atoms with Crippen LogP contribution in [0.5, 0.6) is 0 Å². The van der Waals surface area contributed by atoms with Gasteiger partial charge in [-0.05, 0) is 57.0 Å². The highest BCUT2D eigenvalue weighted by atomic mass is 32.2. The number of likely N-dealkylation sites (N-methyl/N-ethyl adjacent to an activating group) is 1. The fourth-order valence-corrected chi connectivity index (χ4v) is 5.39. The van der Waals surface area contributed by atoms with Gasteiger partial charge in [0.05, 0.1) is 10.5 Å². The Bertz CT molecular complexity index is 1010. The lowest BCUT2D eigenvalue weighted by Gasteiger charge is -2.34. The number of carbonyl (C=O) groups is 1. The molecule has 0 amide bonds. The number of nitrogens with zero attached hydrogens (tertiary/aromatic N) is 2. The number of piperidine rings is 1. The van der Waals surface area contributed by atoms with Gasteiger partial charge in [-0.25, -0.2) is 17.9 Å². The monoisotopic (exact) mass is 579 g/mol. The van der Waals surface area contributed by atoms with E-state index in [2.05, 4.69) is 4.72 Å². The Hall–Kier alpha value is -2.10. The van der Waals surface area contributed by atoms with Crippen molar-refractivity contribution in [1.29, 1.82) is 0 Å². The number of alkyl halides is 6. The average molecular weight is 580 g/mol. The van der Waals surface area contributed by atoms with E-state index in [1.165, 1.54) is 6.07 Å². The number of carboxylic acid groups (broad SMARTS) is 1. The standard InChI is InChI=1S/C21H34F3N3O3S.C2HF3O2/c1-15(2)19(13-26(3)4)25-31(28,29)20-7-6-17(12-18(20)21(22,23)24)27-10-8-16(9-11-27)14-30-5;3-2(4,5)1(6)7/h6-7,12,15-16,19,25H,8-11,13-14H2,1-5H3;(H,6,7). The van der Waals surface area contributed by atoms with E-state index in [1.54, 1.807) is 26.1 Å². The van der Waals surface area contributed by atoms with Crippen molar-refractivity contribution in [3.63, 3.8) is 0 Å². The molecule has 0 spiro atoms. The van der Waals surface area contributed by atoms with Crippen molar-refractivity contribution in [3.8, 4) is 0 Å². The molecule has 1 aromatic rings. The highest BCUT2D eigenvalue weighted by molar-refractivity contribution is 7.89. The van der Waals surface area contributed by atoms with Crippen LogP contribution in [0.3, 0.4) is 0 Å². The summed E-state index contributed by atoms with van der Waals surface area (Å²) >= 11 is 0. The summed E-state index contributed by atoms with van der Waals surface area (Å²) in [6.45, 7) is 5.89. The van der Waals surface area contributed by atoms with Crippen molar-refractivity contribution in [2.24, 2.45) is 11.8 Å². The molecule has 220 valence electrons. The van der Waals surface area contributed by atoms with Gasteiger partial charge in [0.15, 0.2) is 0 Å². The van der Waals surface area contributed by atoms with Gasteiger partial charge in [0.2, 0.25) is 10.0 Å². The second kappa shape index (κ2) is 13.8. The van der Waals surface area contributed by atoms with E-state index in [0.29, 0.717) is 37.8 Å². The van der Waals surface area contributed by atoms with E-state index < -0.39 is 44.8 Å². The number of hydrogen-bond acceptors (Lipinski definition) is 6. The minimum absolute atomic E-state index is 0.0841. The Morgan fingerprint density at radius 3 is 2.08 bits per heavy atom. The van der Waals surface area contributed by atoms with Crippen molar-refractivity contribution in [2.45, 2.75) is 50.0 Å². The van der Waals surface area contributed by atoms with E-state index in [4.69, 9.17) is 14.6 Å². The molecule has 1 heterocycles. The van der Waals surface area contributed by atoms with Gasteiger partial charge in [-0.2, -0.15) is 26.3 Å². The summed E-state index contributed by atoms with van der Waals surface area (Å²) in [4.78, 5) is 11.8. The molecule has 0 radical (unpaired) electrons. The van der Waals surface area contributed by atoms with Gasteiger partial charge in [0, 0.05) is 45.1 Å². The summed E-state index contributed by atoms with van der Waals surface area (Å²) in [6, 6.07) is 2.99. The molecule has 0 bridgehead atoms. The number of aliphatic carboxylic acids is 1. The maximum atomic E-state index is 13.9. The third-order valence-corrected chi connectivity index (χ3v) is 7.40. The number of hydrogen-bond donors (Lipinski definition) is 2. The molecule has 0 saturated carbocycles. The largest absolute Gasteiger partial charge is 0.490 e. The van der Waals surface area contributed by atoms with E-state index >= 15 is 0 Å². The quantitative estimate of drug-likeness (QED) is 0.426. The van der Waals surface area contributed by atoms with Crippen molar-refractivity contribution in [2.75, 3.05) is 52.3 Å². The van der Waals surface area contributed by atoms with Gasteiger partial charge in [-0.15, -0.1) is 0 Å². The number of halogens is 6. The molecule has 2 rings (SSSR count). The van der Waals surface area contributed by atoms with Crippen molar-refractivity contribution in [3.05, 3.63) is 23.8 Å². The van der Waals surface area contributed by atoms with Gasteiger partial charge in [-0.1, -0.05) is 13.8 Å². The Morgan fingerprint density at radius 1 is 1.16 bits per heavy atom. The zero-order chi connectivity index (χ0) is 29.5. The van der Waals surface area contributed by atoms with Crippen LogP contribution in [0, 0.1) is 11.8 Å². The summed E-state index contributed by atoms with van der Waals surface area (Å²) in [5, 5.41) is 7.12. The first-order chi connectivity index (χ1) is 17.3. The average Bonchev–Trinajstić information content (AvgIpc) is 2.77. The number of benzene rings is 1. The van der Waals surface area contributed by atoms with Crippen LogP contribution in [0.1, 0.15) is 32.3 Å². The first-order valence-electron chi connectivity index (χ1n) is 11.7. The molecule has 8 nitrogen and oxygen atoms in total. The molecular weight excluding hydrogens is 544 g/mol. The predicted molar refractivity (Wildman–Crippen MR) is 129 cm³/mol. The molecule has 1 unspecified atom stereocenters. The van der Waals surface area contributed by atoms with Crippen molar-refractivity contribution in [1.82, 2.24) is 9.62 Å². The number of anilines is 1. The molecule has 38 heavy (non-hydrogen) atoms. The smallest absolute Gasteiger partial charge is 0.475 e. The number of sulfonamides is 1. The second-order valence-electron chi connectivity index (χ2n) is 9.60. The van der Waals surface area contributed by atoms with E-state index in [-0.39, 0.29) is 5.92 Å². The van der Waals surface area contributed by atoms with Gasteiger partial charge in [0.1, 0.15) is 0 Å². The predicted octanol–water partition coefficient (Wildman–Crippen LogP) is 4.07. The molecule has 1 saturated heterocycles. The lowest BCUT2D eigenvalue weighted by Crippen LogP contribution is -2.45. The Balaban J connectivity index is 0.000000905. The van der Waals surface area contributed by atoms with E-state index in [9.17, 15) is 34.8 Å². The third-order valence-electron chi connectivity index (χ3n) is 5.86. The van der Waals surface area contributed by atoms with Gasteiger partial charge in [0.25, 0.3) is 0 Å². The Kier molecular flexibility index (Phi) is 12.3. The minimum atomic E-state index is -5.08. The molecule has 1 aliphatic heterocycles. The number of rotatable bonds is 9. The maximum Gasteiger partial charge on any atom is 0.490 e. The maximum absolute atomic E-state index is 13.9. The summed E-state index contributed by atoms with van der Waals surface area (Å²) in [7, 11) is 0.851. The molecule has 1 atom stereocenters. The lowest BCUT2D eigenvalue weighted by molar-refractivity contribution is -0.192. The van der Waals surface area contributed by atoms with Crippen LogP contribution in [0.2, 0.25) is 0 Å². The van der Waals surface area contributed by atoms with Crippen molar-refractivity contribution < 1.29 is 49.4 Å². The van der Waals surface area contributed by atoms with Crippen LogP contribution in [0.4, 0.5) is 32.0 Å². The summed E-state index contributed by atoms with van der Waals surface area (Å²) < 4.78 is 107. The van der Waals surface area contributed by atoms with Crippen LogP contribution in [0.15, 0.2) is 23.1 Å². The van der Waals surface area contributed by atoms with Gasteiger partial charge >= 0.3 is 18.3 Å². The number of methoxy groups -OCH3 is 1. The van der Waals surface area contributed by atoms with Gasteiger partial charge in [-0.3, -0.25) is 0 Å². The second-order valence-corrected chi connectivity index (χ2v) is 11.3. The van der Waals surface area contributed by atoms with Crippen LogP contribution < -0.4 is 9.62 Å². The lowest BCUT2D eigenvalue weighted by atomic mass is 9.97. The number of nitrogens with one attached hydrogen (secondary N) is 1. The summed E-state index contributed by atoms with van der Waals surface area (Å²) in [5.41, 5.74) is -0.750. The highest BCUT2D eigenvalue weighted by Crippen LogP contribution is 2.37. The molecule has 1 aromatic carbocycles. The van der Waals surface area contributed by atoms with Gasteiger partial charge < -0.3 is 19.6 Å². The highest BCUT2D eigenvalue weighted by Gasteiger charge is 2.39. The summed E-state index contributed by atoms with van der Waals surface area (Å²) in [6.07, 6.45) is -8.24. The first-order valence-corrected chi connectivity index (χ1v) is 13.2. The molecule has 1 aliphatic rings. The SMILES string of the molecule is COCC1CCN(c2ccc(S(=O)(=O)NC(CN(C)C)C(C)C)c(C(F)(F)F)c2)CC1.O=C(O)C(F)(F)F. The number of ether oxygens (including phenoxy) is 1. The zero-order valence-corrected chi connectivity index (χ0v) is 22.7. The normalized spacial score (nSPS) is 16.4. The Morgan fingerprint density at radius 2 is 1.68 bits per heavy atom. The zero-order valence-electron chi connectivity index (χ0n) is 21.9. The molecule has 0 aromatic heterocycles. The van der Waals surface area contributed by atoms with Crippen LogP contribution >= 0.6 is 0 Å². The van der Waals surface area contributed by atoms with Crippen LogP contribution in [0.25, 0.3) is 0 Å². The van der Waals surface area contributed by atoms with Crippen LogP contribution in [-0.2, 0) is 25.7 Å². The summed E-state index contributed by atoms with van der Waals surface area (Å²) in [5.74, 6) is -2.46. The fourth-order valence-electron chi connectivity index (χ4n) is 3.80. The molecule has 0 aliphatic carbocycles. The topological polar surface area (TPSA) is 99.2 Å². The molecule has 1 fully saturated rings. The molecule has 15 heteroatoms. The molecule has 2 N–H and O–H groups in total. The Labute approximate surface area is 219 Å². The van der Waals surface area contributed by atoms with Crippen molar-refractivity contribution >= 4 is 21.7 Å². The fraction of sp³-hybridized carbons (Fsp3) is 0.696. The number of carboxylic acids is 1. The van der Waals surface area contributed by atoms with E-state index in [1.807, 2.05) is 18.7 Å². The minimum Gasteiger partial charge on any atom is -0.475 e. The third kappa shape index (κ3) is 10.6. The molecular formula is C23H35F6N3O5S. The van der Waals surface area contributed by atoms with Crippen LogP contribution in [-0.4, -0.2) is 84.1 Å².